The van der Waals surface area contributed by atoms with Gasteiger partial charge in [0, 0.05) is 0 Å². The van der Waals surface area contributed by atoms with E-state index in [1.54, 1.807) is 6.92 Å². The van der Waals surface area contributed by atoms with Crippen LogP contribution in [0.15, 0.2) is 12.2 Å². The molecule has 17 N–H and O–H groups in total. The lowest BCUT2D eigenvalue weighted by Gasteiger charge is -2.66. The van der Waals surface area contributed by atoms with Crippen LogP contribution in [0.3, 0.4) is 0 Å². The van der Waals surface area contributed by atoms with Crippen molar-refractivity contribution in [3.05, 3.63) is 12.2 Å². The van der Waals surface area contributed by atoms with Gasteiger partial charge >= 0.3 is 5.97 Å². The zero-order chi connectivity index (χ0) is 57.6. The van der Waals surface area contributed by atoms with Crippen LogP contribution in [0, 0.1) is 34.0 Å². The Morgan fingerprint density at radius 2 is 0.949 bits per heavy atom. The Morgan fingerprint density at radius 1 is 0.519 bits per heavy atom. The maximum Gasteiger partial charge on any atom is 0.314 e. The fraction of sp³-hybridized carbons (Fsp3) is 0.941. The summed E-state index contributed by atoms with van der Waals surface area (Å²) in [4.78, 5) is 14.9. The monoisotopic (exact) mass is 1140 g/mol. The molecule has 5 saturated heterocycles. The van der Waals surface area contributed by atoms with E-state index in [9.17, 15) is 91.6 Å². The second kappa shape index (κ2) is 23.6. The molecular formula is C51H82O28. The fourth-order valence-electron chi connectivity index (χ4n) is 15.4. The first-order valence-corrected chi connectivity index (χ1v) is 27.3. The normalized spacial score (nSPS) is 54.9. The lowest BCUT2D eigenvalue weighted by molar-refractivity contribution is -0.385. The molecule has 9 fully saturated rings. The summed E-state index contributed by atoms with van der Waals surface area (Å²) in [7, 11) is 0. The Labute approximate surface area is 454 Å². The number of carbonyl (C=O) groups excluding carboxylic acids is 1. The van der Waals surface area contributed by atoms with Crippen LogP contribution in [0.25, 0.3) is 0 Å². The van der Waals surface area contributed by atoms with Crippen LogP contribution in [-0.2, 0) is 52.2 Å². The second-order valence-corrected chi connectivity index (χ2v) is 24.0. The number of aliphatic hydroxyl groups is 17. The van der Waals surface area contributed by atoms with E-state index in [0.717, 1.165) is 0 Å². The topological polar surface area (TPSA) is 453 Å². The van der Waals surface area contributed by atoms with Gasteiger partial charge in [-0.3, -0.25) is 4.79 Å². The molecule has 27 unspecified atom stereocenters. The summed E-state index contributed by atoms with van der Waals surface area (Å²) in [5, 5.41) is 181. The van der Waals surface area contributed by atoms with Gasteiger partial charge in [-0.15, -0.1) is 0 Å². The van der Waals surface area contributed by atoms with E-state index in [0.29, 0.717) is 56.9 Å². The Bertz CT molecular complexity index is 2110. The minimum Gasteiger partial charge on any atom is -0.432 e. The molecule has 79 heavy (non-hydrogen) atoms. The Hall–Kier alpha value is -1.83. The van der Waals surface area contributed by atoms with E-state index >= 15 is 0 Å². The molecule has 5 aliphatic heterocycles. The molecule has 28 heteroatoms. The van der Waals surface area contributed by atoms with Crippen molar-refractivity contribution in [2.24, 2.45) is 34.0 Å². The molecule has 454 valence electrons. The summed E-state index contributed by atoms with van der Waals surface area (Å²) in [6.07, 6.45) is -39.5. The van der Waals surface area contributed by atoms with Crippen LogP contribution in [0.2, 0.25) is 0 Å². The molecular weight excluding hydrogens is 1060 g/mol. The van der Waals surface area contributed by atoms with Crippen LogP contribution >= 0.6 is 0 Å². The van der Waals surface area contributed by atoms with Gasteiger partial charge < -0.3 is 134 Å². The molecule has 32 atom stereocenters. The third-order valence-electron chi connectivity index (χ3n) is 19.9. The molecule has 0 radical (unpaired) electrons. The molecule has 0 amide bonds. The first kappa shape index (κ1) is 61.7. The largest absolute Gasteiger partial charge is 0.432 e. The van der Waals surface area contributed by atoms with Gasteiger partial charge in [0.05, 0.1) is 44.1 Å². The van der Waals surface area contributed by atoms with Crippen molar-refractivity contribution in [3.8, 4) is 0 Å². The lowest BCUT2D eigenvalue weighted by Crippen LogP contribution is -2.67. The van der Waals surface area contributed by atoms with Gasteiger partial charge in [0.1, 0.15) is 116 Å². The van der Waals surface area contributed by atoms with Crippen molar-refractivity contribution < 1.29 is 139 Å². The Balaban J connectivity index is 0.959. The van der Waals surface area contributed by atoms with Gasteiger partial charge in [0.15, 0.2) is 31.3 Å². The molecule has 9 rings (SSSR count). The van der Waals surface area contributed by atoms with E-state index in [4.69, 9.17) is 47.4 Å². The highest BCUT2D eigenvalue weighted by molar-refractivity contribution is 5.77. The highest BCUT2D eigenvalue weighted by Gasteiger charge is 2.72. The van der Waals surface area contributed by atoms with Crippen molar-refractivity contribution >= 4 is 5.97 Å². The number of esters is 1. The van der Waals surface area contributed by atoms with Crippen molar-refractivity contribution in [2.75, 3.05) is 33.0 Å². The van der Waals surface area contributed by atoms with Gasteiger partial charge in [-0.25, -0.2) is 0 Å². The highest BCUT2D eigenvalue weighted by Crippen LogP contribution is 2.75. The van der Waals surface area contributed by atoms with Gasteiger partial charge in [-0.2, -0.15) is 0 Å². The molecule has 4 aliphatic carbocycles. The predicted molar refractivity (Wildman–Crippen MR) is 256 cm³/mol. The van der Waals surface area contributed by atoms with Crippen molar-refractivity contribution in [1.82, 2.24) is 0 Å². The van der Waals surface area contributed by atoms with Crippen LogP contribution < -0.4 is 0 Å². The van der Waals surface area contributed by atoms with Crippen LogP contribution in [0.5, 0.6) is 0 Å². The highest BCUT2D eigenvalue weighted by atomic mass is 16.8. The number of rotatable bonds is 15. The number of hydrogen-bond donors (Lipinski definition) is 17. The molecule has 2 bridgehead atoms. The Kier molecular flexibility index (Phi) is 18.4. The summed E-state index contributed by atoms with van der Waals surface area (Å²) < 4.78 is 59.8. The molecule has 5 heterocycles. The van der Waals surface area contributed by atoms with E-state index in [1.807, 2.05) is 6.92 Å². The smallest absolute Gasteiger partial charge is 0.314 e. The summed E-state index contributed by atoms with van der Waals surface area (Å²) in [6, 6.07) is 0. The fourth-order valence-corrected chi connectivity index (χ4v) is 15.4. The average molecular weight is 1140 g/mol. The predicted octanol–water partition coefficient (Wildman–Crippen LogP) is -7.04. The number of hydrogen-bond acceptors (Lipinski definition) is 28. The molecule has 28 nitrogen and oxygen atoms in total. The molecule has 4 saturated carbocycles. The van der Waals surface area contributed by atoms with Gasteiger partial charge in [-0.05, 0) is 86.0 Å². The minimum atomic E-state index is -1.94. The summed E-state index contributed by atoms with van der Waals surface area (Å²) >= 11 is 0. The SMILES string of the molecule is C=C1CC23CCC4[C@](C)(C(=O)OC5OC(CO)C(O)C(O)C5OC5OC(CO)C(O)C(O)C5O)CCC[C@@]4(C)[C@@H]2CC[C@]1(OC1OC(COC2OC(CO)C(O)C(O)C2O)C(O)C(O)C1OC1OC(CO)C(O)C(O)C1O)[C@@H]3C. The molecule has 9 aliphatic rings. The number of aliphatic hydroxyl groups excluding tert-OH is 17. The summed E-state index contributed by atoms with van der Waals surface area (Å²) in [6.45, 7) is 6.69. The molecule has 0 aromatic heterocycles. The molecule has 0 aromatic rings. The van der Waals surface area contributed by atoms with Crippen molar-refractivity contribution in [1.29, 1.82) is 0 Å². The third-order valence-corrected chi connectivity index (χ3v) is 19.9. The average Bonchev–Trinajstić information content (AvgIpc) is 2.84. The van der Waals surface area contributed by atoms with Gasteiger partial charge in [0.25, 0.3) is 0 Å². The summed E-state index contributed by atoms with van der Waals surface area (Å²) in [5.41, 5.74) is -2.86. The summed E-state index contributed by atoms with van der Waals surface area (Å²) in [5.74, 6) is -1.52. The number of ether oxygens (including phenoxy) is 10. The minimum absolute atomic E-state index is 0.0818. The zero-order valence-electron chi connectivity index (χ0n) is 44.2. The van der Waals surface area contributed by atoms with Gasteiger partial charge in [0.2, 0.25) is 6.29 Å². The van der Waals surface area contributed by atoms with E-state index < -0.39 is 214 Å². The first-order valence-electron chi connectivity index (χ1n) is 27.3. The van der Waals surface area contributed by atoms with Crippen LogP contribution in [0.4, 0.5) is 0 Å². The number of fused-ring (bicyclic) bond motifs is 3. The van der Waals surface area contributed by atoms with E-state index in [2.05, 4.69) is 13.5 Å². The zero-order valence-corrected chi connectivity index (χ0v) is 44.2. The van der Waals surface area contributed by atoms with Crippen molar-refractivity contribution in [3.63, 3.8) is 0 Å². The first-order chi connectivity index (χ1) is 37.3. The Morgan fingerprint density at radius 3 is 1.47 bits per heavy atom. The van der Waals surface area contributed by atoms with E-state index in [1.165, 1.54) is 0 Å². The second-order valence-electron chi connectivity index (χ2n) is 24.0. The maximum absolute atomic E-state index is 14.9. The van der Waals surface area contributed by atoms with Gasteiger partial charge in [-0.1, -0.05) is 26.8 Å². The van der Waals surface area contributed by atoms with Crippen LogP contribution in [-0.4, -0.2) is 285 Å². The third kappa shape index (κ3) is 10.4. The quantitative estimate of drug-likeness (QED) is 0.0412. The molecule has 0 aromatic carbocycles. The maximum atomic E-state index is 14.9. The number of carbonyl (C=O) groups is 1. The van der Waals surface area contributed by atoms with E-state index in [-0.39, 0.29) is 17.8 Å². The van der Waals surface area contributed by atoms with Crippen LogP contribution in [0.1, 0.15) is 72.1 Å². The molecule has 1 spiro atoms. The standard InChI is InChI=1S/C51H82O28/c1-18-12-50-10-6-25-48(3,8-5-9-49(25,4)47(69)78-45-40(35(64)30(59)23(16-55)74-45)76-43-38(67)33(62)28(57)21(14-53)72-43)26(50)7-11-51(18,19(50)2)79-46-41(77-44-39(68)34(63)29(58)22(15-54)73-44)36(65)31(60)24(75-46)17-70-42-37(66)32(61)27(56)20(13-52)71-42/h19-46,52-68H,1,5-17H2,2-4H3/t19-,20?,21?,22?,23?,24?,25?,26+,27?,28?,29?,30?,31?,32?,33?,34?,35?,36?,37?,38?,39?,40?,41?,42?,43?,44?,45?,46?,48-,49-,50?,51-/m1/s1. The lowest BCUT2D eigenvalue weighted by atomic mass is 9.39. The van der Waals surface area contributed by atoms with Crippen molar-refractivity contribution in [2.45, 2.75) is 231 Å².